The fourth-order valence-corrected chi connectivity index (χ4v) is 1.71. The second-order valence-corrected chi connectivity index (χ2v) is 5.13. The molecule has 0 saturated carbocycles. The van der Waals surface area contributed by atoms with Gasteiger partial charge in [-0.15, -0.1) is 0 Å². The van der Waals surface area contributed by atoms with Crippen LogP contribution in [0.15, 0.2) is 18.2 Å². The Hall–Kier alpha value is -1.22. The van der Waals surface area contributed by atoms with E-state index in [9.17, 15) is 0 Å². The Bertz CT molecular complexity index is 364. The van der Waals surface area contributed by atoms with Gasteiger partial charge in [-0.2, -0.15) is 0 Å². The van der Waals surface area contributed by atoms with E-state index in [2.05, 4.69) is 26.1 Å². The molecular weight excluding hydrogens is 226 g/mol. The van der Waals surface area contributed by atoms with Gasteiger partial charge in [-0.3, -0.25) is 0 Å². The summed E-state index contributed by atoms with van der Waals surface area (Å²) in [5.74, 6) is 2.26. The van der Waals surface area contributed by atoms with Gasteiger partial charge in [0.25, 0.3) is 0 Å². The lowest BCUT2D eigenvalue weighted by atomic mass is 10.2. The number of ether oxygens (including phenoxy) is 2. The van der Waals surface area contributed by atoms with Crippen molar-refractivity contribution >= 4 is 0 Å². The molecule has 1 aromatic rings. The molecule has 0 spiro atoms. The summed E-state index contributed by atoms with van der Waals surface area (Å²) in [5, 5.41) is 3.39. The van der Waals surface area contributed by atoms with E-state index in [-0.39, 0.29) is 6.10 Å². The molecule has 18 heavy (non-hydrogen) atoms. The van der Waals surface area contributed by atoms with Gasteiger partial charge >= 0.3 is 0 Å². The summed E-state index contributed by atoms with van der Waals surface area (Å²) in [6.07, 6.45) is 0.125. The largest absolute Gasteiger partial charge is 0.493 e. The Labute approximate surface area is 110 Å². The SMILES string of the molecule is COc1cc(C)ccc1OC(C)CNCC(C)C. The molecule has 1 aromatic carbocycles. The van der Waals surface area contributed by atoms with Crippen LogP contribution in [0.4, 0.5) is 0 Å². The van der Waals surface area contributed by atoms with Gasteiger partial charge in [0.15, 0.2) is 11.5 Å². The van der Waals surface area contributed by atoms with Crippen LogP contribution in [0.5, 0.6) is 11.5 Å². The maximum atomic E-state index is 5.89. The van der Waals surface area contributed by atoms with Crippen LogP contribution in [0.25, 0.3) is 0 Å². The van der Waals surface area contributed by atoms with Crippen LogP contribution in [0.3, 0.4) is 0 Å². The Morgan fingerprint density at radius 1 is 1.11 bits per heavy atom. The number of methoxy groups -OCH3 is 1. The Kier molecular flexibility index (Phi) is 5.99. The molecule has 102 valence electrons. The van der Waals surface area contributed by atoms with Crippen molar-refractivity contribution in [1.82, 2.24) is 5.32 Å². The van der Waals surface area contributed by atoms with Gasteiger partial charge < -0.3 is 14.8 Å². The highest BCUT2D eigenvalue weighted by atomic mass is 16.5. The first kappa shape index (κ1) is 14.8. The van der Waals surface area contributed by atoms with Gasteiger partial charge in [0, 0.05) is 6.54 Å². The Balaban J connectivity index is 2.50. The molecule has 0 aliphatic heterocycles. The van der Waals surface area contributed by atoms with Gasteiger partial charge in [-0.25, -0.2) is 0 Å². The van der Waals surface area contributed by atoms with Crippen LogP contribution in [-0.4, -0.2) is 26.3 Å². The van der Waals surface area contributed by atoms with Crippen molar-refractivity contribution in [2.45, 2.75) is 33.8 Å². The number of hydrogen-bond acceptors (Lipinski definition) is 3. The predicted molar refractivity (Wildman–Crippen MR) is 75.5 cm³/mol. The van der Waals surface area contributed by atoms with Crippen LogP contribution < -0.4 is 14.8 Å². The summed E-state index contributed by atoms with van der Waals surface area (Å²) in [5.41, 5.74) is 1.17. The van der Waals surface area contributed by atoms with E-state index in [0.717, 1.165) is 24.6 Å². The van der Waals surface area contributed by atoms with E-state index in [1.54, 1.807) is 7.11 Å². The number of nitrogens with one attached hydrogen (secondary N) is 1. The maximum absolute atomic E-state index is 5.89. The molecule has 1 atom stereocenters. The zero-order valence-corrected chi connectivity index (χ0v) is 12.1. The summed E-state index contributed by atoms with van der Waals surface area (Å²) in [7, 11) is 1.67. The fraction of sp³-hybridized carbons (Fsp3) is 0.600. The summed E-state index contributed by atoms with van der Waals surface area (Å²) in [6, 6.07) is 5.99. The second-order valence-electron chi connectivity index (χ2n) is 5.13. The number of rotatable bonds is 7. The standard InChI is InChI=1S/C15H25NO2/c1-11(2)9-16-10-13(4)18-14-7-6-12(3)8-15(14)17-5/h6-8,11,13,16H,9-10H2,1-5H3. The minimum absolute atomic E-state index is 0.125. The summed E-state index contributed by atoms with van der Waals surface area (Å²) in [6.45, 7) is 10.4. The minimum Gasteiger partial charge on any atom is -0.493 e. The van der Waals surface area contributed by atoms with E-state index in [1.165, 1.54) is 5.56 Å². The Morgan fingerprint density at radius 3 is 2.44 bits per heavy atom. The summed E-state index contributed by atoms with van der Waals surface area (Å²) >= 11 is 0. The first-order chi connectivity index (χ1) is 8.52. The molecule has 3 nitrogen and oxygen atoms in total. The van der Waals surface area contributed by atoms with Gasteiger partial charge in [-0.1, -0.05) is 19.9 Å². The van der Waals surface area contributed by atoms with E-state index < -0.39 is 0 Å². The summed E-state index contributed by atoms with van der Waals surface area (Å²) in [4.78, 5) is 0. The number of aryl methyl sites for hydroxylation is 1. The minimum atomic E-state index is 0.125. The number of benzene rings is 1. The van der Waals surface area contributed by atoms with Crippen molar-refractivity contribution in [1.29, 1.82) is 0 Å². The van der Waals surface area contributed by atoms with Crippen molar-refractivity contribution in [3.8, 4) is 11.5 Å². The molecule has 0 amide bonds. The first-order valence-electron chi connectivity index (χ1n) is 6.55. The third kappa shape index (κ3) is 4.96. The number of hydrogen-bond donors (Lipinski definition) is 1. The highest BCUT2D eigenvalue weighted by Crippen LogP contribution is 2.28. The topological polar surface area (TPSA) is 30.5 Å². The van der Waals surface area contributed by atoms with Crippen LogP contribution >= 0.6 is 0 Å². The average molecular weight is 251 g/mol. The molecule has 1 rings (SSSR count). The molecule has 0 radical (unpaired) electrons. The molecule has 0 fully saturated rings. The van der Waals surface area contributed by atoms with E-state index in [0.29, 0.717) is 5.92 Å². The highest BCUT2D eigenvalue weighted by molar-refractivity contribution is 5.42. The van der Waals surface area contributed by atoms with Gasteiger partial charge in [0.05, 0.1) is 7.11 Å². The van der Waals surface area contributed by atoms with Gasteiger partial charge in [0.2, 0.25) is 0 Å². The van der Waals surface area contributed by atoms with Crippen molar-refractivity contribution in [3.63, 3.8) is 0 Å². The zero-order valence-electron chi connectivity index (χ0n) is 12.1. The third-order valence-electron chi connectivity index (χ3n) is 2.63. The molecule has 0 aromatic heterocycles. The van der Waals surface area contributed by atoms with Crippen molar-refractivity contribution in [2.75, 3.05) is 20.2 Å². The first-order valence-corrected chi connectivity index (χ1v) is 6.55. The summed E-state index contributed by atoms with van der Waals surface area (Å²) < 4.78 is 11.2. The smallest absolute Gasteiger partial charge is 0.161 e. The normalized spacial score (nSPS) is 12.6. The average Bonchev–Trinajstić information content (AvgIpc) is 2.31. The van der Waals surface area contributed by atoms with Crippen molar-refractivity contribution in [2.24, 2.45) is 5.92 Å². The lowest BCUT2D eigenvalue weighted by Gasteiger charge is -2.18. The van der Waals surface area contributed by atoms with Crippen molar-refractivity contribution in [3.05, 3.63) is 23.8 Å². The van der Waals surface area contributed by atoms with E-state index in [4.69, 9.17) is 9.47 Å². The monoisotopic (exact) mass is 251 g/mol. The van der Waals surface area contributed by atoms with E-state index >= 15 is 0 Å². The van der Waals surface area contributed by atoms with E-state index in [1.807, 2.05) is 25.1 Å². The van der Waals surface area contributed by atoms with Crippen LogP contribution in [0.1, 0.15) is 26.3 Å². The van der Waals surface area contributed by atoms with Gasteiger partial charge in [-0.05, 0) is 44.0 Å². The second kappa shape index (κ2) is 7.27. The molecule has 1 N–H and O–H groups in total. The quantitative estimate of drug-likeness (QED) is 0.808. The van der Waals surface area contributed by atoms with Gasteiger partial charge in [0.1, 0.15) is 6.10 Å². The molecule has 0 heterocycles. The molecule has 0 bridgehead atoms. The molecular formula is C15H25NO2. The van der Waals surface area contributed by atoms with Crippen molar-refractivity contribution < 1.29 is 9.47 Å². The van der Waals surface area contributed by atoms with Crippen LogP contribution in [0.2, 0.25) is 0 Å². The molecule has 3 heteroatoms. The Morgan fingerprint density at radius 2 is 1.83 bits per heavy atom. The fourth-order valence-electron chi connectivity index (χ4n) is 1.71. The lowest BCUT2D eigenvalue weighted by molar-refractivity contribution is 0.206. The van der Waals surface area contributed by atoms with Crippen LogP contribution in [0, 0.1) is 12.8 Å². The molecule has 0 aliphatic carbocycles. The lowest BCUT2D eigenvalue weighted by Crippen LogP contribution is -2.31. The molecule has 0 saturated heterocycles. The predicted octanol–water partition coefficient (Wildman–Crippen LogP) is 3.02. The maximum Gasteiger partial charge on any atom is 0.161 e. The molecule has 1 unspecified atom stereocenters. The highest BCUT2D eigenvalue weighted by Gasteiger charge is 2.09. The van der Waals surface area contributed by atoms with Crippen LogP contribution in [-0.2, 0) is 0 Å². The molecule has 0 aliphatic rings. The zero-order chi connectivity index (χ0) is 13.5. The third-order valence-corrected chi connectivity index (χ3v) is 2.63.